The Morgan fingerprint density at radius 2 is 1.71 bits per heavy atom. The van der Waals surface area contributed by atoms with E-state index in [2.05, 4.69) is 24.9 Å². The quantitative estimate of drug-likeness (QED) is 0.237. The van der Waals surface area contributed by atoms with Crippen molar-refractivity contribution in [1.82, 2.24) is 9.97 Å². The first-order valence-corrected chi connectivity index (χ1v) is 14.1. The van der Waals surface area contributed by atoms with Gasteiger partial charge < -0.3 is 23.9 Å². The third kappa shape index (κ3) is 5.87. The fourth-order valence-corrected chi connectivity index (χ4v) is 5.94. The SMILES string of the molecule is CCOc1cc(-c2nc3sc4c(c3c(=O)[nH]2)CCCC4)ccc1OCCOCCOc1ccc(C)c(C)c1. The number of nitrogens with one attached hydrogen (secondary N) is 1. The van der Waals surface area contributed by atoms with Crippen LogP contribution in [0.1, 0.15) is 41.3 Å². The lowest BCUT2D eigenvalue weighted by Crippen LogP contribution is -2.13. The van der Waals surface area contributed by atoms with Crippen molar-refractivity contribution in [3.05, 3.63) is 68.3 Å². The molecule has 1 aliphatic rings. The van der Waals surface area contributed by atoms with E-state index in [0.717, 1.165) is 40.8 Å². The van der Waals surface area contributed by atoms with E-state index in [0.29, 0.717) is 50.4 Å². The Morgan fingerprint density at radius 1 is 0.895 bits per heavy atom. The standard InChI is InChI=1S/C30H34N2O5S/c1-4-35-25-18-21(28-31-29(33)27-23-7-5-6-8-26(23)38-30(27)32-28)10-12-24(25)37-16-14-34-13-15-36-22-11-9-19(2)20(3)17-22/h9-12,17-18H,4-8,13-16H2,1-3H3,(H,31,32,33). The van der Waals surface area contributed by atoms with E-state index in [1.54, 1.807) is 11.3 Å². The fraction of sp³-hybridized carbons (Fsp3) is 0.400. The summed E-state index contributed by atoms with van der Waals surface area (Å²) in [5, 5.41) is 0.762. The van der Waals surface area contributed by atoms with E-state index >= 15 is 0 Å². The lowest BCUT2D eigenvalue weighted by Gasteiger charge is -2.14. The lowest BCUT2D eigenvalue weighted by atomic mass is 9.97. The molecule has 38 heavy (non-hydrogen) atoms. The summed E-state index contributed by atoms with van der Waals surface area (Å²) in [6, 6.07) is 11.7. The second-order valence-corrected chi connectivity index (χ2v) is 10.5. The first-order valence-electron chi connectivity index (χ1n) is 13.3. The van der Waals surface area contributed by atoms with Gasteiger partial charge in [0.25, 0.3) is 5.56 Å². The zero-order chi connectivity index (χ0) is 26.5. The van der Waals surface area contributed by atoms with E-state index in [-0.39, 0.29) is 5.56 Å². The molecule has 0 bridgehead atoms. The monoisotopic (exact) mass is 534 g/mol. The molecule has 4 aromatic rings. The highest BCUT2D eigenvalue weighted by Crippen LogP contribution is 2.36. The maximum absolute atomic E-state index is 13.0. The van der Waals surface area contributed by atoms with Crippen LogP contribution in [-0.4, -0.2) is 43.0 Å². The number of rotatable bonds is 11. The molecule has 0 aliphatic heterocycles. The molecule has 2 heterocycles. The minimum absolute atomic E-state index is 0.0682. The molecule has 1 aliphatic carbocycles. The first kappa shape index (κ1) is 26.3. The smallest absolute Gasteiger partial charge is 0.260 e. The summed E-state index contributed by atoms with van der Waals surface area (Å²) in [6.45, 7) is 8.33. The van der Waals surface area contributed by atoms with Gasteiger partial charge in [-0.1, -0.05) is 6.07 Å². The number of thiophene rings is 1. The summed E-state index contributed by atoms with van der Waals surface area (Å²) in [5.74, 6) is 2.63. The van der Waals surface area contributed by atoms with Crippen LogP contribution >= 0.6 is 11.3 Å². The van der Waals surface area contributed by atoms with E-state index < -0.39 is 0 Å². The molecule has 2 aromatic heterocycles. The van der Waals surface area contributed by atoms with Gasteiger partial charge in [0.05, 0.1) is 25.2 Å². The van der Waals surface area contributed by atoms with Gasteiger partial charge in [0.15, 0.2) is 11.5 Å². The Kier molecular flexibility index (Phi) is 8.29. The number of fused-ring (bicyclic) bond motifs is 3. The number of H-pyrrole nitrogens is 1. The number of benzene rings is 2. The molecule has 0 unspecified atom stereocenters. The first-order chi connectivity index (χ1) is 18.5. The molecule has 0 saturated carbocycles. The molecule has 7 nitrogen and oxygen atoms in total. The van der Waals surface area contributed by atoms with Gasteiger partial charge in [0.2, 0.25) is 0 Å². The Balaban J connectivity index is 1.19. The maximum atomic E-state index is 13.0. The summed E-state index contributed by atoms with van der Waals surface area (Å²) in [5.41, 5.74) is 4.36. The van der Waals surface area contributed by atoms with Crippen LogP contribution in [-0.2, 0) is 17.6 Å². The Hall–Kier alpha value is -3.36. The molecule has 0 amide bonds. The highest BCUT2D eigenvalue weighted by molar-refractivity contribution is 7.18. The number of aromatic amines is 1. The summed E-state index contributed by atoms with van der Waals surface area (Å²) >= 11 is 1.65. The van der Waals surface area contributed by atoms with Gasteiger partial charge in [-0.15, -0.1) is 11.3 Å². The van der Waals surface area contributed by atoms with E-state index in [1.807, 2.05) is 37.3 Å². The van der Waals surface area contributed by atoms with Crippen LogP contribution in [0.4, 0.5) is 0 Å². The molecule has 200 valence electrons. The molecule has 0 fully saturated rings. The van der Waals surface area contributed by atoms with Gasteiger partial charge in [-0.25, -0.2) is 4.98 Å². The molecule has 0 saturated heterocycles. The molecule has 0 spiro atoms. The van der Waals surface area contributed by atoms with Crippen molar-refractivity contribution in [1.29, 1.82) is 0 Å². The molecule has 2 aromatic carbocycles. The van der Waals surface area contributed by atoms with Crippen LogP contribution in [0.3, 0.4) is 0 Å². The predicted molar refractivity (Wildman–Crippen MR) is 151 cm³/mol. The zero-order valence-corrected chi connectivity index (χ0v) is 23.0. The summed E-state index contributed by atoms with van der Waals surface area (Å²) < 4.78 is 23.2. The van der Waals surface area contributed by atoms with Gasteiger partial charge in [-0.3, -0.25) is 4.79 Å². The number of nitrogens with zero attached hydrogens (tertiary/aromatic N) is 1. The largest absolute Gasteiger partial charge is 0.491 e. The summed E-state index contributed by atoms with van der Waals surface area (Å²) in [7, 11) is 0. The number of ether oxygens (including phenoxy) is 4. The van der Waals surface area contributed by atoms with Crippen molar-refractivity contribution in [3.63, 3.8) is 0 Å². The topological polar surface area (TPSA) is 82.7 Å². The van der Waals surface area contributed by atoms with Crippen molar-refractivity contribution in [2.45, 2.75) is 46.5 Å². The molecular weight excluding hydrogens is 500 g/mol. The zero-order valence-electron chi connectivity index (χ0n) is 22.2. The Morgan fingerprint density at radius 3 is 2.53 bits per heavy atom. The third-order valence-electron chi connectivity index (χ3n) is 6.80. The average Bonchev–Trinajstić information content (AvgIpc) is 3.30. The summed E-state index contributed by atoms with van der Waals surface area (Å²) in [4.78, 5) is 22.9. The Labute approximate surface area is 226 Å². The Bertz CT molecular complexity index is 1480. The van der Waals surface area contributed by atoms with Crippen LogP contribution in [0.15, 0.2) is 41.2 Å². The van der Waals surface area contributed by atoms with Crippen molar-refractivity contribution < 1.29 is 18.9 Å². The average molecular weight is 535 g/mol. The lowest BCUT2D eigenvalue weighted by molar-refractivity contribution is 0.0755. The maximum Gasteiger partial charge on any atom is 0.260 e. The van der Waals surface area contributed by atoms with E-state index in [9.17, 15) is 4.79 Å². The number of aromatic nitrogens is 2. The highest BCUT2D eigenvalue weighted by Gasteiger charge is 2.20. The molecule has 5 rings (SSSR count). The normalized spacial score (nSPS) is 12.9. The van der Waals surface area contributed by atoms with Crippen LogP contribution < -0.4 is 19.8 Å². The minimum atomic E-state index is -0.0682. The van der Waals surface area contributed by atoms with Gasteiger partial charge in [-0.05, 0) is 93.5 Å². The van der Waals surface area contributed by atoms with Crippen molar-refractivity contribution >= 4 is 21.6 Å². The fourth-order valence-electron chi connectivity index (χ4n) is 4.68. The number of hydrogen-bond donors (Lipinski definition) is 1. The highest BCUT2D eigenvalue weighted by atomic mass is 32.1. The van der Waals surface area contributed by atoms with Gasteiger partial charge >= 0.3 is 0 Å². The van der Waals surface area contributed by atoms with Crippen LogP contribution in [0.2, 0.25) is 0 Å². The second kappa shape index (κ2) is 12.0. The van der Waals surface area contributed by atoms with Crippen LogP contribution in [0, 0.1) is 13.8 Å². The second-order valence-electron chi connectivity index (χ2n) is 9.46. The third-order valence-corrected chi connectivity index (χ3v) is 7.99. The van der Waals surface area contributed by atoms with Gasteiger partial charge in [0, 0.05) is 10.4 Å². The predicted octanol–water partition coefficient (Wildman–Crippen LogP) is 6.02. The van der Waals surface area contributed by atoms with E-state index in [1.165, 1.54) is 28.0 Å². The van der Waals surface area contributed by atoms with Crippen molar-refractivity contribution in [3.8, 4) is 28.6 Å². The molecule has 8 heteroatoms. The molecule has 0 radical (unpaired) electrons. The van der Waals surface area contributed by atoms with Crippen LogP contribution in [0.5, 0.6) is 17.2 Å². The molecule has 0 atom stereocenters. The van der Waals surface area contributed by atoms with Crippen molar-refractivity contribution in [2.75, 3.05) is 33.0 Å². The molecule has 1 N–H and O–H groups in total. The molecular formula is C30H34N2O5S. The number of aryl methyl sites for hydroxylation is 4. The van der Waals surface area contributed by atoms with Crippen LogP contribution in [0.25, 0.3) is 21.6 Å². The number of hydrogen-bond acceptors (Lipinski definition) is 7. The van der Waals surface area contributed by atoms with E-state index in [4.69, 9.17) is 23.9 Å². The van der Waals surface area contributed by atoms with Gasteiger partial charge in [-0.2, -0.15) is 0 Å². The van der Waals surface area contributed by atoms with Gasteiger partial charge in [0.1, 0.15) is 29.6 Å². The summed E-state index contributed by atoms with van der Waals surface area (Å²) in [6.07, 6.45) is 4.30. The van der Waals surface area contributed by atoms with Crippen molar-refractivity contribution in [2.24, 2.45) is 0 Å². The minimum Gasteiger partial charge on any atom is -0.491 e.